The predicted octanol–water partition coefficient (Wildman–Crippen LogP) is 5.12. The van der Waals surface area contributed by atoms with E-state index >= 15 is 0 Å². The number of nitrogens with zero attached hydrogens (tertiary/aromatic N) is 1. The number of halogens is 2. The summed E-state index contributed by atoms with van der Waals surface area (Å²) in [4.78, 5) is 27.7. The van der Waals surface area contributed by atoms with Gasteiger partial charge in [0.15, 0.2) is 0 Å². The lowest BCUT2D eigenvalue weighted by atomic mass is 10.1. The second kappa shape index (κ2) is 11.2. The summed E-state index contributed by atoms with van der Waals surface area (Å²) in [5.41, 5.74) is 1.54. The van der Waals surface area contributed by atoms with Crippen molar-refractivity contribution >= 4 is 35.0 Å². The Morgan fingerprint density at radius 1 is 0.966 bits per heavy atom. The Morgan fingerprint density at radius 2 is 1.52 bits per heavy atom. The Kier molecular flexibility index (Phi) is 8.99. The maximum absolute atomic E-state index is 13.3. The third-order valence-corrected chi connectivity index (χ3v) is 5.41. The van der Waals surface area contributed by atoms with Crippen LogP contribution in [-0.4, -0.2) is 29.3 Å². The van der Waals surface area contributed by atoms with Crippen molar-refractivity contribution in [3.05, 3.63) is 69.7 Å². The second-order valence-electron chi connectivity index (χ2n) is 7.44. The van der Waals surface area contributed by atoms with E-state index in [4.69, 9.17) is 23.2 Å². The van der Waals surface area contributed by atoms with E-state index in [9.17, 15) is 9.59 Å². The molecule has 6 heteroatoms. The van der Waals surface area contributed by atoms with Crippen LogP contribution in [0.4, 0.5) is 0 Å². The number of hydrogen-bond donors (Lipinski definition) is 1. The van der Waals surface area contributed by atoms with Gasteiger partial charge in [0.05, 0.1) is 6.42 Å². The summed E-state index contributed by atoms with van der Waals surface area (Å²) in [5.74, 6) is 0.0117. The van der Waals surface area contributed by atoms with Gasteiger partial charge in [-0.2, -0.15) is 0 Å². The Balaban J connectivity index is 2.30. The van der Waals surface area contributed by atoms with Gasteiger partial charge in [-0.25, -0.2) is 0 Å². The quantitative estimate of drug-likeness (QED) is 0.595. The van der Waals surface area contributed by atoms with Crippen LogP contribution in [0, 0.1) is 5.92 Å². The first-order valence-corrected chi connectivity index (χ1v) is 10.6. The van der Waals surface area contributed by atoms with E-state index in [2.05, 4.69) is 5.32 Å². The zero-order valence-electron chi connectivity index (χ0n) is 17.1. The van der Waals surface area contributed by atoms with Crippen LogP contribution in [0.3, 0.4) is 0 Å². The zero-order chi connectivity index (χ0) is 21.4. The standard InChI is InChI=1S/C23H28Cl2N2O2/c1-4-21(23(29)26-14-16(2)3)27(15-18-10-6-8-12-20(18)25)22(28)13-17-9-5-7-11-19(17)24/h5-12,16,21H,4,13-15H2,1-3H3,(H,26,29)/t21-/m0/s1. The minimum Gasteiger partial charge on any atom is -0.354 e. The van der Waals surface area contributed by atoms with E-state index in [1.54, 1.807) is 17.0 Å². The van der Waals surface area contributed by atoms with E-state index in [-0.39, 0.29) is 24.8 Å². The molecule has 0 saturated carbocycles. The average molecular weight is 435 g/mol. The fourth-order valence-corrected chi connectivity index (χ4v) is 3.46. The fraction of sp³-hybridized carbons (Fsp3) is 0.391. The molecule has 1 N–H and O–H groups in total. The number of rotatable bonds is 9. The number of carbonyl (C=O) groups is 2. The molecule has 29 heavy (non-hydrogen) atoms. The van der Waals surface area contributed by atoms with Gasteiger partial charge in [0.25, 0.3) is 0 Å². The van der Waals surface area contributed by atoms with Crippen LogP contribution in [0.5, 0.6) is 0 Å². The van der Waals surface area contributed by atoms with E-state index < -0.39 is 6.04 Å². The predicted molar refractivity (Wildman–Crippen MR) is 119 cm³/mol. The first-order valence-electron chi connectivity index (χ1n) is 9.87. The van der Waals surface area contributed by atoms with E-state index in [1.165, 1.54) is 0 Å². The second-order valence-corrected chi connectivity index (χ2v) is 8.26. The van der Waals surface area contributed by atoms with Crippen LogP contribution in [0.25, 0.3) is 0 Å². The molecular formula is C23H28Cl2N2O2. The molecule has 1 atom stereocenters. The van der Waals surface area contributed by atoms with Gasteiger partial charge in [0, 0.05) is 23.1 Å². The minimum atomic E-state index is -0.583. The lowest BCUT2D eigenvalue weighted by molar-refractivity contribution is -0.141. The van der Waals surface area contributed by atoms with Crippen molar-refractivity contribution in [1.82, 2.24) is 10.2 Å². The molecule has 0 spiro atoms. The van der Waals surface area contributed by atoms with Gasteiger partial charge in [-0.1, -0.05) is 80.4 Å². The van der Waals surface area contributed by atoms with Crippen LogP contribution < -0.4 is 5.32 Å². The molecule has 4 nitrogen and oxygen atoms in total. The lowest BCUT2D eigenvalue weighted by Gasteiger charge is -2.31. The molecule has 2 amide bonds. The normalized spacial score (nSPS) is 11.9. The van der Waals surface area contributed by atoms with Gasteiger partial charge in [-0.05, 0) is 35.6 Å². The lowest BCUT2D eigenvalue weighted by Crippen LogP contribution is -2.50. The van der Waals surface area contributed by atoms with Gasteiger partial charge in [-0.15, -0.1) is 0 Å². The van der Waals surface area contributed by atoms with Crippen molar-refractivity contribution in [2.45, 2.75) is 46.2 Å². The molecule has 156 valence electrons. The molecule has 0 aliphatic rings. The maximum Gasteiger partial charge on any atom is 0.242 e. The fourth-order valence-electron chi connectivity index (χ4n) is 3.06. The van der Waals surface area contributed by atoms with Gasteiger partial charge in [-0.3, -0.25) is 9.59 Å². The van der Waals surface area contributed by atoms with Crippen LogP contribution >= 0.6 is 23.2 Å². The molecule has 0 fully saturated rings. The highest BCUT2D eigenvalue weighted by Gasteiger charge is 2.29. The molecule has 0 aliphatic carbocycles. The van der Waals surface area contributed by atoms with Crippen LogP contribution in [0.15, 0.2) is 48.5 Å². The largest absolute Gasteiger partial charge is 0.354 e. The highest BCUT2D eigenvalue weighted by Crippen LogP contribution is 2.22. The van der Waals surface area contributed by atoms with E-state index in [0.717, 1.165) is 11.1 Å². The summed E-state index contributed by atoms with van der Waals surface area (Å²) in [6.07, 6.45) is 0.626. The van der Waals surface area contributed by atoms with Gasteiger partial charge < -0.3 is 10.2 Å². The van der Waals surface area contributed by atoms with Crippen molar-refractivity contribution < 1.29 is 9.59 Å². The summed E-state index contributed by atoms with van der Waals surface area (Å²) in [6, 6.07) is 14.0. The number of nitrogens with one attached hydrogen (secondary N) is 1. The average Bonchev–Trinajstić information content (AvgIpc) is 2.69. The summed E-state index contributed by atoms with van der Waals surface area (Å²) >= 11 is 12.6. The van der Waals surface area contributed by atoms with Crippen molar-refractivity contribution in [3.8, 4) is 0 Å². The van der Waals surface area contributed by atoms with Gasteiger partial charge >= 0.3 is 0 Å². The number of amides is 2. The molecule has 0 bridgehead atoms. The molecule has 0 radical (unpaired) electrons. The zero-order valence-corrected chi connectivity index (χ0v) is 18.6. The van der Waals surface area contributed by atoms with Gasteiger partial charge in [0.1, 0.15) is 6.04 Å². The first kappa shape index (κ1) is 23.2. The third-order valence-electron chi connectivity index (χ3n) is 4.67. The minimum absolute atomic E-state index is 0.123. The van der Waals surface area contributed by atoms with Crippen LogP contribution in [-0.2, 0) is 22.6 Å². The molecule has 2 rings (SSSR count). The molecule has 0 saturated heterocycles. The first-order chi connectivity index (χ1) is 13.8. The molecule has 0 heterocycles. The molecular weight excluding hydrogens is 407 g/mol. The Hall–Kier alpha value is -2.04. The molecule has 0 aliphatic heterocycles. The third kappa shape index (κ3) is 6.76. The molecule has 2 aromatic carbocycles. The van der Waals surface area contributed by atoms with E-state index in [0.29, 0.717) is 28.9 Å². The molecule has 0 aromatic heterocycles. The molecule has 2 aromatic rings. The van der Waals surface area contributed by atoms with Crippen LogP contribution in [0.1, 0.15) is 38.3 Å². The van der Waals surface area contributed by atoms with E-state index in [1.807, 2.05) is 57.2 Å². The van der Waals surface area contributed by atoms with Crippen molar-refractivity contribution in [2.75, 3.05) is 6.54 Å². The van der Waals surface area contributed by atoms with Crippen LogP contribution in [0.2, 0.25) is 10.0 Å². The number of benzene rings is 2. The smallest absolute Gasteiger partial charge is 0.242 e. The molecule has 0 unspecified atom stereocenters. The maximum atomic E-state index is 13.3. The number of carbonyl (C=O) groups excluding carboxylic acids is 2. The summed E-state index contributed by atoms with van der Waals surface area (Å²) < 4.78 is 0. The topological polar surface area (TPSA) is 49.4 Å². The highest BCUT2D eigenvalue weighted by molar-refractivity contribution is 6.31. The van der Waals surface area contributed by atoms with Crippen molar-refractivity contribution in [3.63, 3.8) is 0 Å². The Bertz CT molecular complexity index is 839. The SMILES string of the molecule is CC[C@@H](C(=O)NCC(C)C)N(Cc1ccccc1Cl)C(=O)Cc1ccccc1Cl. The highest BCUT2D eigenvalue weighted by atomic mass is 35.5. The van der Waals surface area contributed by atoms with Crippen molar-refractivity contribution in [2.24, 2.45) is 5.92 Å². The Labute approximate surface area is 183 Å². The van der Waals surface area contributed by atoms with Gasteiger partial charge in [0.2, 0.25) is 11.8 Å². The number of hydrogen-bond acceptors (Lipinski definition) is 2. The monoisotopic (exact) mass is 434 g/mol. The summed E-state index contributed by atoms with van der Waals surface area (Å²) in [7, 11) is 0. The summed E-state index contributed by atoms with van der Waals surface area (Å²) in [6.45, 7) is 6.79. The Morgan fingerprint density at radius 3 is 2.03 bits per heavy atom. The van der Waals surface area contributed by atoms with Crippen molar-refractivity contribution in [1.29, 1.82) is 0 Å². The summed E-state index contributed by atoms with van der Waals surface area (Å²) in [5, 5.41) is 4.06.